The standard InChI is InChI=1S/C17H28O2/c1-4-7-15-12(2)13(3)19-17(18)11-10-14-8-5-6-9-16(14)15/h4,7,12-16H,5-6,8-11H2,1-3H3/b7-4+/t12-,13+,14-,15?,16?/m0/s1. The van der Waals surface area contributed by atoms with E-state index < -0.39 is 0 Å². The van der Waals surface area contributed by atoms with E-state index >= 15 is 0 Å². The average Bonchev–Trinajstić information content (AvgIpc) is 2.45. The van der Waals surface area contributed by atoms with Crippen molar-refractivity contribution in [2.75, 3.05) is 0 Å². The Morgan fingerprint density at radius 3 is 2.63 bits per heavy atom. The first kappa shape index (κ1) is 14.6. The van der Waals surface area contributed by atoms with E-state index in [4.69, 9.17) is 4.74 Å². The molecule has 1 saturated carbocycles. The van der Waals surface area contributed by atoms with Crippen LogP contribution in [0, 0.1) is 23.7 Å². The van der Waals surface area contributed by atoms with Crippen LogP contribution in [0.1, 0.15) is 59.3 Å². The fourth-order valence-electron chi connectivity index (χ4n) is 4.02. The molecule has 1 saturated heterocycles. The van der Waals surface area contributed by atoms with Gasteiger partial charge in [-0.2, -0.15) is 0 Å². The molecule has 0 N–H and O–H groups in total. The van der Waals surface area contributed by atoms with Crippen molar-refractivity contribution in [2.24, 2.45) is 23.7 Å². The van der Waals surface area contributed by atoms with Crippen LogP contribution in [0.3, 0.4) is 0 Å². The summed E-state index contributed by atoms with van der Waals surface area (Å²) in [7, 11) is 0. The van der Waals surface area contributed by atoms with Crippen molar-refractivity contribution >= 4 is 5.97 Å². The summed E-state index contributed by atoms with van der Waals surface area (Å²) in [6.07, 6.45) is 11.5. The Bertz CT molecular complexity index is 334. The number of esters is 1. The van der Waals surface area contributed by atoms with Gasteiger partial charge in [0, 0.05) is 6.42 Å². The van der Waals surface area contributed by atoms with E-state index in [0.29, 0.717) is 18.3 Å². The van der Waals surface area contributed by atoms with Crippen molar-refractivity contribution in [1.82, 2.24) is 0 Å². The van der Waals surface area contributed by atoms with Crippen molar-refractivity contribution in [3.63, 3.8) is 0 Å². The molecule has 1 heterocycles. The maximum absolute atomic E-state index is 11.8. The van der Waals surface area contributed by atoms with E-state index in [2.05, 4.69) is 32.9 Å². The van der Waals surface area contributed by atoms with Gasteiger partial charge in [0.1, 0.15) is 6.10 Å². The summed E-state index contributed by atoms with van der Waals surface area (Å²) in [5.41, 5.74) is 0. The summed E-state index contributed by atoms with van der Waals surface area (Å²) in [5.74, 6) is 2.46. The highest BCUT2D eigenvalue weighted by Crippen LogP contribution is 2.43. The molecule has 2 nitrogen and oxygen atoms in total. The average molecular weight is 264 g/mol. The topological polar surface area (TPSA) is 26.3 Å². The number of hydrogen-bond acceptors (Lipinski definition) is 2. The number of hydrogen-bond donors (Lipinski definition) is 0. The molecule has 2 rings (SSSR count). The highest BCUT2D eigenvalue weighted by Gasteiger charge is 2.37. The largest absolute Gasteiger partial charge is 0.462 e. The van der Waals surface area contributed by atoms with Crippen LogP contribution in [-0.2, 0) is 9.53 Å². The first-order valence-electron chi connectivity index (χ1n) is 7.95. The molecule has 108 valence electrons. The summed E-state index contributed by atoms with van der Waals surface area (Å²) in [6, 6.07) is 0. The molecule has 0 aromatic rings. The Balaban J connectivity index is 2.25. The quantitative estimate of drug-likeness (QED) is 0.520. The van der Waals surface area contributed by atoms with Gasteiger partial charge in [0.25, 0.3) is 0 Å². The van der Waals surface area contributed by atoms with Gasteiger partial charge in [-0.05, 0) is 50.4 Å². The summed E-state index contributed by atoms with van der Waals surface area (Å²) in [5, 5.41) is 0. The van der Waals surface area contributed by atoms with E-state index in [1.165, 1.54) is 25.7 Å². The molecule has 2 aliphatic rings. The first-order chi connectivity index (χ1) is 9.13. The molecule has 1 aliphatic heterocycles. The molecule has 5 atom stereocenters. The van der Waals surface area contributed by atoms with E-state index in [-0.39, 0.29) is 12.1 Å². The molecule has 0 radical (unpaired) electrons. The van der Waals surface area contributed by atoms with Gasteiger partial charge in [0.15, 0.2) is 0 Å². The van der Waals surface area contributed by atoms with Crippen LogP contribution in [-0.4, -0.2) is 12.1 Å². The molecule has 0 amide bonds. The van der Waals surface area contributed by atoms with Crippen LogP contribution in [0.4, 0.5) is 0 Å². The van der Waals surface area contributed by atoms with E-state index in [9.17, 15) is 4.79 Å². The number of cyclic esters (lactones) is 1. The molecular formula is C17H28O2. The van der Waals surface area contributed by atoms with Crippen LogP contribution in [0.5, 0.6) is 0 Å². The molecular weight excluding hydrogens is 236 g/mol. The predicted octanol–water partition coefficient (Wildman–Crippen LogP) is 4.35. The molecule has 0 aromatic carbocycles. The summed E-state index contributed by atoms with van der Waals surface area (Å²) in [6.45, 7) is 6.41. The zero-order valence-corrected chi connectivity index (χ0v) is 12.6. The van der Waals surface area contributed by atoms with Gasteiger partial charge in [0.05, 0.1) is 0 Å². The maximum Gasteiger partial charge on any atom is 0.306 e. The minimum Gasteiger partial charge on any atom is -0.462 e. The number of rotatable bonds is 1. The van der Waals surface area contributed by atoms with E-state index in [1.807, 2.05) is 0 Å². The second-order valence-corrected chi connectivity index (χ2v) is 6.40. The number of fused-ring (bicyclic) bond motifs is 1. The van der Waals surface area contributed by atoms with Gasteiger partial charge in [-0.1, -0.05) is 38.3 Å². The van der Waals surface area contributed by atoms with E-state index in [0.717, 1.165) is 18.3 Å². The normalized spacial score (nSPS) is 41.0. The fraction of sp³-hybridized carbons (Fsp3) is 0.824. The predicted molar refractivity (Wildman–Crippen MR) is 77.7 cm³/mol. The third-order valence-electron chi connectivity index (χ3n) is 5.26. The Morgan fingerprint density at radius 1 is 1.16 bits per heavy atom. The zero-order chi connectivity index (χ0) is 13.8. The van der Waals surface area contributed by atoms with Gasteiger partial charge < -0.3 is 4.74 Å². The molecule has 0 bridgehead atoms. The van der Waals surface area contributed by atoms with Gasteiger partial charge in [-0.15, -0.1) is 0 Å². The van der Waals surface area contributed by atoms with Crippen LogP contribution in [0.2, 0.25) is 0 Å². The van der Waals surface area contributed by atoms with Crippen LogP contribution >= 0.6 is 0 Å². The van der Waals surface area contributed by atoms with Crippen LogP contribution < -0.4 is 0 Å². The molecule has 2 heteroatoms. The smallest absolute Gasteiger partial charge is 0.306 e. The Labute approximate surface area is 117 Å². The number of allylic oxidation sites excluding steroid dienone is 2. The lowest BCUT2D eigenvalue weighted by Gasteiger charge is -2.39. The second-order valence-electron chi connectivity index (χ2n) is 6.40. The fourth-order valence-corrected chi connectivity index (χ4v) is 4.02. The molecule has 0 spiro atoms. The SMILES string of the molecule is C/C=C/C1C2CCCC[C@H]2CCC(=O)O[C@H](C)[C@@H]1C. The summed E-state index contributed by atoms with van der Waals surface area (Å²) in [4.78, 5) is 11.8. The first-order valence-corrected chi connectivity index (χ1v) is 7.95. The highest BCUT2D eigenvalue weighted by atomic mass is 16.5. The Hall–Kier alpha value is -0.790. The number of ether oxygens (including phenoxy) is 1. The molecule has 2 fully saturated rings. The lowest BCUT2D eigenvalue weighted by atomic mass is 9.66. The third kappa shape index (κ3) is 3.40. The summed E-state index contributed by atoms with van der Waals surface area (Å²) >= 11 is 0. The van der Waals surface area contributed by atoms with Gasteiger partial charge in [0.2, 0.25) is 0 Å². The van der Waals surface area contributed by atoms with Crippen molar-refractivity contribution in [3.05, 3.63) is 12.2 Å². The Morgan fingerprint density at radius 2 is 1.89 bits per heavy atom. The zero-order valence-electron chi connectivity index (χ0n) is 12.6. The van der Waals surface area contributed by atoms with Crippen molar-refractivity contribution < 1.29 is 9.53 Å². The number of carbonyl (C=O) groups is 1. The van der Waals surface area contributed by atoms with E-state index in [1.54, 1.807) is 0 Å². The molecule has 2 unspecified atom stereocenters. The lowest BCUT2D eigenvalue weighted by molar-refractivity contribution is -0.150. The van der Waals surface area contributed by atoms with Gasteiger partial charge in [-0.3, -0.25) is 4.79 Å². The third-order valence-corrected chi connectivity index (χ3v) is 5.26. The summed E-state index contributed by atoms with van der Waals surface area (Å²) < 4.78 is 5.59. The van der Waals surface area contributed by atoms with Crippen molar-refractivity contribution in [1.29, 1.82) is 0 Å². The van der Waals surface area contributed by atoms with Crippen LogP contribution in [0.15, 0.2) is 12.2 Å². The van der Waals surface area contributed by atoms with Gasteiger partial charge in [-0.25, -0.2) is 0 Å². The maximum atomic E-state index is 11.8. The molecule has 0 aromatic heterocycles. The minimum absolute atomic E-state index is 0.00445. The van der Waals surface area contributed by atoms with Crippen molar-refractivity contribution in [3.8, 4) is 0 Å². The highest BCUT2D eigenvalue weighted by molar-refractivity contribution is 5.69. The molecule has 1 aliphatic carbocycles. The Kier molecular flexibility index (Phi) is 5.06. The van der Waals surface area contributed by atoms with Gasteiger partial charge >= 0.3 is 5.97 Å². The monoisotopic (exact) mass is 264 g/mol. The molecule has 19 heavy (non-hydrogen) atoms. The van der Waals surface area contributed by atoms with Crippen LogP contribution in [0.25, 0.3) is 0 Å². The lowest BCUT2D eigenvalue weighted by Crippen LogP contribution is -2.33. The van der Waals surface area contributed by atoms with Crippen molar-refractivity contribution in [2.45, 2.75) is 65.4 Å². The number of carbonyl (C=O) groups excluding carboxylic acids is 1. The second kappa shape index (κ2) is 6.58. The minimum atomic E-state index is 0.00445.